The van der Waals surface area contributed by atoms with Gasteiger partial charge in [-0.15, -0.1) is 0 Å². The highest BCUT2D eigenvalue weighted by atomic mass is 16.5. The number of likely N-dealkylation sites (tertiary alicyclic amines) is 1. The van der Waals surface area contributed by atoms with E-state index < -0.39 is 0 Å². The van der Waals surface area contributed by atoms with E-state index in [0.29, 0.717) is 26.2 Å². The quantitative estimate of drug-likeness (QED) is 0.719. The number of carbonyl (C=O) groups excluding carboxylic acids is 2. The molecule has 1 heterocycles. The van der Waals surface area contributed by atoms with Crippen LogP contribution in [0.3, 0.4) is 0 Å². The molecular weight excluding hydrogens is 256 g/mol. The molecule has 1 aliphatic heterocycles. The summed E-state index contributed by atoms with van der Waals surface area (Å²) in [6.45, 7) is 9.28. The van der Waals surface area contributed by atoms with E-state index in [1.807, 2.05) is 25.7 Å². The first-order chi connectivity index (χ1) is 9.56. The maximum Gasteiger partial charge on any atom is 0.225 e. The third-order valence-electron chi connectivity index (χ3n) is 3.64. The van der Waals surface area contributed by atoms with Gasteiger partial charge in [-0.05, 0) is 26.2 Å². The Morgan fingerprint density at radius 2 is 1.95 bits per heavy atom. The second-order valence-corrected chi connectivity index (χ2v) is 5.60. The van der Waals surface area contributed by atoms with Crippen LogP contribution in [0.4, 0.5) is 0 Å². The van der Waals surface area contributed by atoms with Crippen molar-refractivity contribution >= 4 is 11.8 Å². The van der Waals surface area contributed by atoms with Crippen molar-refractivity contribution in [1.82, 2.24) is 10.2 Å². The predicted octanol–water partition coefficient (Wildman–Crippen LogP) is 1.42. The first-order valence-corrected chi connectivity index (χ1v) is 7.70. The van der Waals surface area contributed by atoms with Crippen LogP contribution >= 0.6 is 0 Å². The van der Waals surface area contributed by atoms with Crippen LogP contribution in [0.25, 0.3) is 0 Å². The molecular formula is C15H28N2O3. The van der Waals surface area contributed by atoms with Crippen LogP contribution in [0, 0.1) is 11.8 Å². The zero-order chi connectivity index (χ0) is 15.0. The van der Waals surface area contributed by atoms with E-state index in [1.54, 1.807) is 0 Å². The summed E-state index contributed by atoms with van der Waals surface area (Å²) in [5, 5.41) is 2.96. The van der Waals surface area contributed by atoms with Gasteiger partial charge in [-0.2, -0.15) is 0 Å². The fourth-order valence-corrected chi connectivity index (χ4v) is 2.40. The smallest absolute Gasteiger partial charge is 0.225 e. The number of hydrogen-bond donors (Lipinski definition) is 1. The van der Waals surface area contributed by atoms with Gasteiger partial charge in [0.2, 0.25) is 11.8 Å². The number of piperidine rings is 1. The first-order valence-electron chi connectivity index (χ1n) is 7.70. The number of nitrogens with zero attached hydrogens (tertiary/aromatic N) is 1. The molecule has 0 atom stereocenters. The third kappa shape index (κ3) is 5.49. The van der Waals surface area contributed by atoms with Gasteiger partial charge in [-0.3, -0.25) is 9.59 Å². The lowest BCUT2D eigenvalue weighted by molar-refractivity contribution is -0.138. The van der Waals surface area contributed by atoms with E-state index in [-0.39, 0.29) is 23.7 Å². The molecule has 1 aliphatic rings. The lowest BCUT2D eigenvalue weighted by atomic mass is 9.95. The monoisotopic (exact) mass is 284 g/mol. The number of nitrogens with one attached hydrogen (secondary N) is 1. The second kappa shape index (κ2) is 8.95. The highest BCUT2D eigenvalue weighted by Gasteiger charge is 2.27. The molecule has 0 aromatic rings. The average Bonchev–Trinajstić information content (AvgIpc) is 2.46. The van der Waals surface area contributed by atoms with Gasteiger partial charge in [-0.1, -0.05) is 13.8 Å². The van der Waals surface area contributed by atoms with Crippen LogP contribution in [0.1, 0.15) is 40.0 Å². The Labute approximate surface area is 122 Å². The molecule has 1 rings (SSSR count). The minimum Gasteiger partial charge on any atom is -0.382 e. The topological polar surface area (TPSA) is 58.6 Å². The molecule has 0 aromatic carbocycles. The zero-order valence-corrected chi connectivity index (χ0v) is 13.0. The van der Waals surface area contributed by atoms with Gasteiger partial charge in [0.15, 0.2) is 0 Å². The van der Waals surface area contributed by atoms with E-state index in [1.165, 1.54) is 0 Å². The Morgan fingerprint density at radius 3 is 2.50 bits per heavy atom. The number of hydrogen-bond acceptors (Lipinski definition) is 3. The van der Waals surface area contributed by atoms with Crippen molar-refractivity contribution in [3.05, 3.63) is 0 Å². The van der Waals surface area contributed by atoms with Crippen molar-refractivity contribution in [3.63, 3.8) is 0 Å². The SMILES string of the molecule is CCOCCCNC(=O)C1CCN(C(=O)C(C)C)CC1. The molecule has 0 spiro atoms. The fraction of sp³-hybridized carbons (Fsp3) is 0.867. The molecule has 5 nitrogen and oxygen atoms in total. The Hall–Kier alpha value is -1.10. The molecule has 2 amide bonds. The summed E-state index contributed by atoms with van der Waals surface area (Å²) < 4.78 is 5.23. The van der Waals surface area contributed by atoms with Crippen molar-refractivity contribution in [2.24, 2.45) is 11.8 Å². The van der Waals surface area contributed by atoms with Gasteiger partial charge in [0.1, 0.15) is 0 Å². The van der Waals surface area contributed by atoms with Crippen LogP contribution in [0.2, 0.25) is 0 Å². The molecule has 5 heteroatoms. The molecule has 116 valence electrons. The minimum atomic E-state index is 0.0407. The van der Waals surface area contributed by atoms with Crippen LogP contribution in [0.15, 0.2) is 0 Å². The lowest BCUT2D eigenvalue weighted by Gasteiger charge is -2.32. The highest BCUT2D eigenvalue weighted by Crippen LogP contribution is 2.18. The van der Waals surface area contributed by atoms with E-state index in [2.05, 4.69) is 5.32 Å². The van der Waals surface area contributed by atoms with Crippen LogP contribution in [0.5, 0.6) is 0 Å². The maximum atomic E-state index is 12.0. The normalized spacial score (nSPS) is 16.5. The van der Waals surface area contributed by atoms with Crippen molar-refractivity contribution in [2.45, 2.75) is 40.0 Å². The molecule has 0 radical (unpaired) electrons. The summed E-state index contributed by atoms with van der Waals surface area (Å²) in [5.74, 6) is 0.413. The number of carbonyl (C=O) groups is 2. The Morgan fingerprint density at radius 1 is 1.30 bits per heavy atom. The van der Waals surface area contributed by atoms with Gasteiger partial charge in [0.05, 0.1) is 0 Å². The van der Waals surface area contributed by atoms with E-state index >= 15 is 0 Å². The summed E-state index contributed by atoms with van der Waals surface area (Å²) in [5.41, 5.74) is 0. The van der Waals surface area contributed by atoms with Crippen LogP contribution < -0.4 is 5.32 Å². The standard InChI is InChI=1S/C15H28N2O3/c1-4-20-11-5-8-16-14(18)13-6-9-17(10-7-13)15(19)12(2)3/h12-13H,4-11H2,1-3H3,(H,16,18). The number of ether oxygens (including phenoxy) is 1. The molecule has 1 saturated heterocycles. The van der Waals surface area contributed by atoms with Crippen LogP contribution in [-0.2, 0) is 14.3 Å². The molecule has 0 aromatic heterocycles. The number of rotatable bonds is 7. The summed E-state index contributed by atoms with van der Waals surface area (Å²) >= 11 is 0. The summed E-state index contributed by atoms with van der Waals surface area (Å²) in [7, 11) is 0. The summed E-state index contributed by atoms with van der Waals surface area (Å²) in [4.78, 5) is 25.7. The molecule has 0 unspecified atom stereocenters. The Balaban J connectivity index is 2.20. The summed E-state index contributed by atoms with van der Waals surface area (Å²) in [6, 6.07) is 0. The van der Waals surface area contributed by atoms with Gasteiger partial charge >= 0.3 is 0 Å². The van der Waals surface area contributed by atoms with Crippen molar-refractivity contribution in [3.8, 4) is 0 Å². The van der Waals surface area contributed by atoms with E-state index in [9.17, 15) is 9.59 Å². The second-order valence-electron chi connectivity index (χ2n) is 5.60. The van der Waals surface area contributed by atoms with Crippen LogP contribution in [-0.4, -0.2) is 49.6 Å². The van der Waals surface area contributed by atoms with Gasteiger partial charge in [-0.25, -0.2) is 0 Å². The van der Waals surface area contributed by atoms with E-state index in [4.69, 9.17) is 4.74 Å². The Kier molecular flexibility index (Phi) is 7.59. The van der Waals surface area contributed by atoms with Gasteiger partial charge < -0.3 is 15.0 Å². The summed E-state index contributed by atoms with van der Waals surface area (Å²) in [6.07, 6.45) is 2.40. The third-order valence-corrected chi connectivity index (χ3v) is 3.64. The largest absolute Gasteiger partial charge is 0.382 e. The van der Waals surface area contributed by atoms with E-state index in [0.717, 1.165) is 25.9 Å². The zero-order valence-electron chi connectivity index (χ0n) is 13.0. The van der Waals surface area contributed by atoms with Crippen molar-refractivity contribution in [1.29, 1.82) is 0 Å². The molecule has 20 heavy (non-hydrogen) atoms. The molecule has 1 N–H and O–H groups in total. The highest BCUT2D eigenvalue weighted by molar-refractivity contribution is 5.80. The average molecular weight is 284 g/mol. The molecule has 0 aliphatic carbocycles. The lowest BCUT2D eigenvalue weighted by Crippen LogP contribution is -2.44. The first kappa shape index (κ1) is 17.0. The molecule has 0 saturated carbocycles. The maximum absolute atomic E-state index is 12.0. The molecule has 1 fully saturated rings. The van der Waals surface area contributed by atoms with Crippen molar-refractivity contribution in [2.75, 3.05) is 32.8 Å². The predicted molar refractivity (Wildman–Crippen MR) is 78.3 cm³/mol. The number of amides is 2. The molecule has 0 bridgehead atoms. The van der Waals surface area contributed by atoms with Crippen molar-refractivity contribution < 1.29 is 14.3 Å². The van der Waals surface area contributed by atoms with Gasteiger partial charge in [0, 0.05) is 44.7 Å². The Bertz CT molecular complexity index is 310. The van der Waals surface area contributed by atoms with Gasteiger partial charge in [0.25, 0.3) is 0 Å². The fourth-order valence-electron chi connectivity index (χ4n) is 2.40. The minimum absolute atomic E-state index is 0.0407.